The van der Waals surface area contributed by atoms with Crippen molar-refractivity contribution in [1.82, 2.24) is 9.97 Å². The Morgan fingerprint density at radius 1 is 1.41 bits per heavy atom. The van der Waals surface area contributed by atoms with Crippen LogP contribution in [-0.2, 0) is 0 Å². The maximum Gasteiger partial charge on any atom is 0.222 e. The molecule has 0 bridgehead atoms. The molecule has 2 rings (SSSR count). The second-order valence-corrected chi connectivity index (χ2v) is 3.95. The van der Waals surface area contributed by atoms with Crippen LogP contribution < -0.4 is 11.1 Å². The van der Waals surface area contributed by atoms with Crippen molar-refractivity contribution in [1.29, 1.82) is 0 Å². The average molecular weight is 253 g/mol. The molecule has 0 radical (unpaired) electrons. The smallest absolute Gasteiger partial charge is 0.222 e. The van der Waals surface area contributed by atoms with E-state index in [-0.39, 0.29) is 11.8 Å². The first-order valence-electron chi connectivity index (χ1n) is 4.87. The van der Waals surface area contributed by atoms with Gasteiger partial charge in [0.05, 0.1) is 6.20 Å². The maximum atomic E-state index is 13.4. The third kappa shape index (κ3) is 2.62. The number of benzene rings is 1. The molecule has 0 aliphatic carbocycles. The van der Waals surface area contributed by atoms with Gasteiger partial charge in [-0.2, -0.15) is 4.98 Å². The van der Waals surface area contributed by atoms with Gasteiger partial charge in [0.25, 0.3) is 0 Å². The molecule has 88 valence electrons. The van der Waals surface area contributed by atoms with E-state index in [1.54, 1.807) is 12.1 Å². The standard InChI is InChI=1S/C11H10ClFN4/c1-6-2-3-7(12)4-9(6)16-10-8(13)5-15-11(14)17-10/h2-5H,1H3,(H3,14,15,16,17). The highest BCUT2D eigenvalue weighted by Crippen LogP contribution is 2.24. The van der Waals surface area contributed by atoms with Crippen LogP contribution in [0.25, 0.3) is 0 Å². The number of anilines is 3. The zero-order valence-electron chi connectivity index (χ0n) is 9.04. The second-order valence-electron chi connectivity index (χ2n) is 3.51. The largest absolute Gasteiger partial charge is 0.368 e. The highest BCUT2D eigenvalue weighted by molar-refractivity contribution is 6.30. The summed E-state index contributed by atoms with van der Waals surface area (Å²) in [7, 11) is 0. The number of aryl methyl sites for hydroxylation is 1. The predicted octanol–water partition coefficient (Wildman–Crippen LogP) is 2.90. The van der Waals surface area contributed by atoms with Gasteiger partial charge in [0.15, 0.2) is 11.6 Å². The molecule has 1 aromatic carbocycles. The Labute approximate surface area is 103 Å². The third-order valence-corrected chi connectivity index (χ3v) is 2.45. The molecule has 0 spiro atoms. The Balaban J connectivity index is 2.37. The van der Waals surface area contributed by atoms with Crippen molar-refractivity contribution in [3.8, 4) is 0 Å². The molecule has 17 heavy (non-hydrogen) atoms. The van der Waals surface area contributed by atoms with Gasteiger partial charge < -0.3 is 11.1 Å². The number of nitrogen functional groups attached to an aromatic ring is 1. The molecule has 3 N–H and O–H groups in total. The van der Waals surface area contributed by atoms with Gasteiger partial charge in [-0.1, -0.05) is 17.7 Å². The molecule has 1 aromatic heterocycles. The minimum atomic E-state index is -0.571. The van der Waals surface area contributed by atoms with Crippen LogP contribution in [0.5, 0.6) is 0 Å². The molecule has 6 heteroatoms. The summed E-state index contributed by atoms with van der Waals surface area (Å²) in [5.74, 6) is -0.532. The van der Waals surface area contributed by atoms with E-state index in [0.29, 0.717) is 10.7 Å². The van der Waals surface area contributed by atoms with Crippen LogP contribution in [0, 0.1) is 12.7 Å². The summed E-state index contributed by atoms with van der Waals surface area (Å²) >= 11 is 5.86. The summed E-state index contributed by atoms with van der Waals surface area (Å²) in [6, 6.07) is 5.27. The molecule has 2 aromatic rings. The molecule has 0 atom stereocenters. The third-order valence-electron chi connectivity index (χ3n) is 2.22. The van der Waals surface area contributed by atoms with Gasteiger partial charge in [-0.15, -0.1) is 0 Å². The first-order valence-corrected chi connectivity index (χ1v) is 5.25. The van der Waals surface area contributed by atoms with Crippen molar-refractivity contribution in [3.05, 3.63) is 40.8 Å². The van der Waals surface area contributed by atoms with Gasteiger partial charge in [0.2, 0.25) is 5.95 Å². The highest BCUT2D eigenvalue weighted by Gasteiger charge is 2.07. The van der Waals surface area contributed by atoms with Gasteiger partial charge in [0, 0.05) is 10.7 Å². The van der Waals surface area contributed by atoms with E-state index in [1.165, 1.54) is 0 Å². The Kier molecular flexibility index (Phi) is 3.10. The second kappa shape index (κ2) is 4.55. The number of rotatable bonds is 2. The van der Waals surface area contributed by atoms with Crippen LogP contribution in [0.4, 0.5) is 21.8 Å². The van der Waals surface area contributed by atoms with Gasteiger partial charge >= 0.3 is 0 Å². The van der Waals surface area contributed by atoms with Gasteiger partial charge in [-0.25, -0.2) is 9.37 Å². The maximum absolute atomic E-state index is 13.4. The van der Waals surface area contributed by atoms with E-state index in [2.05, 4.69) is 15.3 Å². The van der Waals surface area contributed by atoms with E-state index < -0.39 is 5.82 Å². The van der Waals surface area contributed by atoms with Crippen LogP contribution in [0.3, 0.4) is 0 Å². The van der Waals surface area contributed by atoms with E-state index in [1.807, 2.05) is 13.0 Å². The molecule has 0 unspecified atom stereocenters. The van der Waals surface area contributed by atoms with Crippen LogP contribution in [0.1, 0.15) is 5.56 Å². The first kappa shape index (κ1) is 11.6. The highest BCUT2D eigenvalue weighted by atomic mass is 35.5. The van der Waals surface area contributed by atoms with Crippen LogP contribution in [-0.4, -0.2) is 9.97 Å². The first-order chi connectivity index (χ1) is 8.06. The van der Waals surface area contributed by atoms with E-state index >= 15 is 0 Å². The van der Waals surface area contributed by atoms with Gasteiger partial charge in [0.1, 0.15) is 0 Å². The molecular formula is C11H10ClFN4. The Morgan fingerprint density at radius 3 is 2.94 bits per heavy atom. The van der Waals surface area contributed by atoms with Crippen molar-refractivity contribution in [2.75, 3.05) is 11.1 Å². The Hall–Kier alpha value is -1.88. The topological polar surface area (TPSA) is 63.8 Å². The lowest BCUT2D eigenvalue weighted by Gasteiger charge is -2.09. The lowest BCUT2D eigenvalue weighted by atomic mass is 10.2. The molecule has 0 amide bonds. The molecule has 0 saturated carbocycles. The molecule has 0 fully saturated rings. The molecule has 0 saturated heterocycles. The van der Waals surface area contributed by atoms with Crippen molar-refractivity contribution in [2.45, 2.75) is 6.92 Å². The summed E-state index contributed by atoms with van der Waals surface area (Å²) in [5.41, 5.74) is 6.99. The SMILES string of the molecule is Cc1ccc(Cl)cc1Nc1nc(N)ncc1F. The van der Waals surface area contributed by atoms with E-state index in [0.717, 1.165) is 11.8 Å². The fraction of sp³-hybridized carbons (Fsp3) is 0.0909. The number of nitrogens with one attached hydrogen (secondary N) is 1. The predicted molar refractivity (Wildman–Crippen MR) is 65.9 cm³/mol. The number of nitrogens with two attached hydrogens (primary N) is 1. The van der Waals surface area contributed by atoms with Gasteiger partial charge in [-0.3, -0.25) is 0 Å². The molecule has 0 aliphatic rings. The molecular weight excluding hydrogens is 243 g/mol. The minimum absolute atomic E-state index is 0.00795. The molecule has 0 aliphatic heterocycles. The summed E-state index contributed by atoms with van der Waals surface area (Å²) in [6.45, 7) is 1.88. The number of hydrogen-bond donors (Lipinski definition) is 2. The van der Waals surface area contributed by atoms with Crippen molar-refractivity contribution in [2.24, 2.45) is 0 Å². The lowest BCUT2D eigenvalue weighted by Crippen LogP contribution is -2.03. The Morgan fingerprint density at radius 2 is 2.18 bits per heavy atom. The van der Waals surface area contributed by atoms with E-state index in [9.17, 15) is 4.39 Å². The average Bonchev–Trinajstić information content (AvgIpc) is 2.28. The number of nitrogens with zero attached hydrogens (tertiary/aromatic N) is 2. The quantitative estimate of drug-likeness (QED) is 0.863. The van der Waals surface area contributed by atoms with Crippen LogP contribution >= 0.6 is 11.6 Å². The fourth-order valence-corrected chi connectivity index (χ4v) is 1.50. The fourth-order valence-electron chi connectivity index (χ4n) is 1.32. The van der Waals surface area contributed by atoms with E-state index in [4.69, 9.17) is 17.3 Å². The zero-order valence-corrected chi connectivity index (χ0v) is 9.79. The van der Waals surface area contributed by atoms with Gasteiger partial charge in [-0.05, 0) is 24.6 Å². The summed E-state index contributed by atoms with van der Waals surface area (Å²) < 4.78 is 13.4. The summed E-state index contributed by atoms with van der Waals surface area (Å²) in [5, 5.41) is 3.39. The lowest BCUT2D eigenvalue weighted by molar-refractivity contribution is 0.620. The van der Waals surface area contributed by atoms with Crippen molar-refractivity contribution >= 4 is 29.1 Å². The minimum Gasteiger partial charge on any atom is -0.368 e. The summed E-state index contributed by atoms with van der Waals surface area (Å²) in [6.07, 6.45) is 1.02. The normalized spacial score (nSPS) is 10.3. The van der Waals surface area contributed by atoms with Crippen LogP contribution in [0.2, 0.25) is 5.02 Å². The molecule has 1 heterocycles. The zero-order chi connectivity index (χ0) is 12.4. The number of aromatic nitrogens is 2. The van der Waals surface area contributed by atoms with Crippen molar-refractivity contribution < 1.29 is 4.39 Å². The number of hydrogen-bond acceptors (Lipinski definition) is 4. The molecule has 4 nitrogen and oxygen atoms in total. The van der Waals surface area contributed by atoms with Crippen molar-refractivity contribution in [3.63, 3.8) is 0 Å². The summed E-state index contributed by atoms with van der Waals surface area (Å²) in [4.78, 5) is 7.32. The monoisotopic (exact) mass is 252 g/mol. The number of halogens is 2. The Bertz CT molecular complexity index is 510. The van der Waals surface area contributed by atoms with Crippen LogP contribution in [0.15, 0.2) is 24.4 Å².